The van der Waals surface area contributed by atoms with Crippen molar-refractivity contribution in [2.45, 2.75) is 46.6 Å². The SMILES string of the molecule is Cc1cc(OCC(=O)N2CCN(C(=O)C3CC(=O)N(C(C)(C)C)C3)CC2)cc(C)c1Cl. The van der Waals surface area contributed by atoms with Gasteiger partial charge in [-0.1, -0.05) is 11.6 Å². The second kappa shape index (κ2) is 9.07. The molecule has 0 N–H and O–H groups in total. The molecule has 1 atom stereocenters. The van der Waals surface area contributed by atoms with Crippen LogP contribution in [-0.2, 0) is 14.4 Å². The van der Waals surface area contributed by atoms with Gasteiger partial charge < -0.3 is 19.4 Å². The van der Waals surface area contributed by atoms with Crippen molar-refractivity contribution in [1.82, 2.24) is 14.7 Å². The van der Waals surface area contributed by atoms with Crippen molar-refractivity contribution in [2.24, 2.45) is 5.92 Å². The number of likely N-dealkylation sites (tertiary alicyclic amines) is 1. The first-order chi connectivity index (χ1) is 14.5. The summed E-state index contributed by atoms with van der Waals surface area (Å²) in [6, 6.07) is 3.64. The van der Waals surface area contributed by atoms with Crippen LogP contribution in [0.3, 0.4) is 0 Å². The molecule has 1 aromatic rings. The summed E-state index contributed by atoms with van der Waals surface area (Å²) >= 11 is 6.17. The maximum Gasteiger partial charge on any atom is 0.260 e. The van der Waals surface area contributed by atoms with Crippen molar-refractivity contribution < 1.29 is 19.1 Å². The highest BCUT2D eigenvalue weighted by Gasteiger charge is 2.41. The smallest absolute Gasteiger partial charge is 0.260 e. The summed E-state index contributed by atoms with van der Waals surface area (Å²) < 4.78 is 5.68. The van der Waals surface area contributed by atoms with E-state index < -0.39 is 0 Å². The van der Waals surface area contributed by atoms with Crippen LogP contribution < -0.4 is 4.74 Å². The van der Waals surface area contributed by atoms with E-state index in [9.17, 15) is 14.4 Å². The van der Waals surface area contributed by atoms with Crippen LogP contribution in [0.25, 0.3) is 0 Å². The topological polar surface area (TPSA) is 70.2 Å². The summed E-state index contributed by atoms with van der Waals surface area (Å²) in [7, 11) is 0. The molecule has 2 saturated heterocycles. The number of benzene rings is 1. The first-order valence-electron chi connectivity index (χ1n) is 10.7. The molecule has 0 aromatic heterocycles. The van der Waals surface area contributed by atoms with E-state index in [0.29, 0.717) is 43.5 Å². The molecule has 0 bridgehead atoms. The molecule has 170 valence electrons. The Balaban J connectivity index is 1.48. The third-order valence-electron chi connectivity index (χ3n) is 6.00. The third-order valence-corrected chi connectivity index (χ3v) is 6.60. The number of ether oxygens (including phenoxy) is 1. The van der Waals surface area contributed by atoms with E-state index in [4.69, 9.17) is 16.3 Å². The Morgan fingerprint density at radius 2 is 1.61 bits per heavy atom. The van der Waals surface area contributed by atoms with Gasteiger partial charge >= 0.3 is 0 Å². The van der Waals surface area contributed by atoms with Gasteiger partial charge in [-0.25, -0.2) is 0 Å². The van der Waals surface area contributed by atoms with Gasteiger partial charge in [-0.2, -0.15) is 0 Å². The minimum Gasteiger partial charge on any atom is -0.484 e. The minimum absolute atomic E-state index is 0.00978. The van der Waals surface area contributed by atoms with Crippen molar-refractivity contribution in [2.75, 3.05) is 39.3 Å². The molecule has 8 heteroatoms. The minimum atomic E-state index is -0.298. The predicted molar refractivity (Wildman–Crippen MR) is 119 cm³/mol. The molecule has 7 nitrogen and oxygen atoms in total. The van der Waals surface area contributed by atoms with Crippen LogP contribution in [0.15, 0.2) is 12.1 Å². The summed E-state index contributed by atoms with van der Waals surface area (Å²) in [5.74, 6) is 0.261. The molecule has 0 aliphatic carbocycles. The maximum absolute atomic E-state index is 12.9. The molecule has 1 unspecified atom stereocenters. The van der Waals surface area contributed by atoms with Gasteiger partial charge in [0, 0.05) is 49.7 Å². The fraction of sp³-hybridized carbons (Fsp3) is 0.609. The Morgan fingerprint density at radius 1 is 1.06 bits per heavy atom. The van der Waals surface area contributed by atoms with Gasteiger partial charge in [-0.3, -0.25) is 14.4 Å². The second-order valence-corrected chi connectivity index (χ2v) is 9.82. The number of amides is 3. The van der Waals surface area contributed by atoms with Crippen LogP contribution in [0.1, 0.15) is 38.3 Å². The van der Waals surface area contributed by atoms with Gasteiger partial charge in [-0.05, 0) is 57.9 Å². The van der Waals surface area contributed by atoms with E-state index in [1.807, 2.05) is 46.8 Å². The number of carbonyl (C=O) groups is 3. The number of halogens is 1. The van der Waals surface area contributed by atoms with E-state index in [2.05, 4.69) is 0 Å². The van der Waals surface area contributed by atoms with E-state index in [1.165, 1.54) is 0 Å². The molecule has 2 aliphatic rings. The molecule has 1 aromatic carbocycles. The fourth-order valence-corrected chi connectivity index (χ4v) is 4.29. The Labute approximate surface area is 189 Å². The molecule has 3 amide bonds. The van der Waals surface area contributed by atoms with Crippen LogP contribution in [0.5, 0.6) is 5.75 Å². The van der Waals surface area contributed by atoms with Gasteiger partial charge in [0.25, 0.3) is 5.91 Å². The Morgan fingerprint density at radius 3 is 2.13 bits per heavy atom. The Kier molecular flexibility index (Phi) is 6.84. The van der Waals surface area contributed by atoms with E-state index in [1.54, 1.807) is 14.7 Å². The van der Waals surface area contributed by atoms with Crippen molar-refractivity contribution >= 4 is 29.3 Å². The summed E-state index contributed by atoms with van der Waals surface area (Å²) in [6.07, 6.45) is 0.267. The Bertz CT molecular complexity index is 849. The summed E-state index contributed by atoms with van der Waals surface area (Å²) in [4.78, 5) is 43.0. The molecular weight excluding hydrogens is 418 g/mol. The third kappa shape index (κ3) is 5.32. The largest absolute Gasteiger partial charge is 0.484 e. The van der Waals surface area contributed by atoms with Gasteiger partial charge in [0.15, 0.2) is 6.61 Å². The predicted octanol–water partition coefficient (Wildman–Crippen LogP) is 2.65. The number of aryl methyl sites for hydroxylation is 2. The van der Waals surface area contributed by atoms with Crippen molar-refractivity contribution in [3.63, 3.8) is 0 Å². The number of hydrogen-bond donors (Lipinski definition) is 0. The number of rotatable bonds is 4. The summed E-state index contributed by atoms with van der Waals surface area (Å²) in [5, 5.41) is 0.703. The molecule has 3 rings (SSSR count). The average Bonchev–Trinajstić information content (AvgIpc) is 3.12. The molecular formula is C23H32ClN3O4. The Hall–Kier alpha value is -2.28. The fourth-order valence-electron chi connectivity index (χ4n) is 4.18. The number of hydrogen-bond acceptors (Lipinski definition) is 4. The van der Waals surface area contributed by atoms with Crippen molar-refractivity contribution in [3.8, 4) is 5.75 Å². The average molecular weight is 450 g/mol. The maximum atomic E-state index is 12.9. The van der Waals surface area contributed by atoms with Crippen LogP contribution in [-0.4, -0.2) is 77.3 Å². The lowest BCUT2D eigenvalue weighted by molar-refractivity contribution is -0.142. The van der Waals surface area contributed by atoms with Gasteiger partial charge in [0.05, 0.1) is 5.92 Å². The van der Waals surface area contributed by atoms with Crippen LogP contribution >= 0.6 is 11.6 Å². The number of nitrogens with zero attached hydrogens (tertiary/aromatic N) is 3. The lowest BCUT2D eigenvalue weighted by atomic mass is 10.1. The normalized spacial score (nSPS) is 19.7. The molecule has 2 fully saturated rings. The standard InChI is InChI=1S/C23H32ClN3O4/c1-15-10-18(11-16(2)21(15)24)31-14-20(29)25-6-8-26(9-7-25)22(30)17-12-19(28)27(13-17)23(3,4)5/h10-11,17H,6-9,12-14H2,1-5H3. The molecule has 2 aliphatic heterocycles. The summed E-state index contributed by atoms with van der Waals surface area (Å²) in [5.41, 5.74) is 1.54. The van der Waals surface area contributed by atoms with Crippen LogP contribution in [0, 0.1) is 19.8 Å². The molecule has 0 saturated carbocycles. The van der Waals surface area contributed by atoms with E-state index in [0.717, 1.165) is 11.1 Å². The molecule has 31 heavy (non-hydrogen) atoms. The van der Waals surface area contributed by atoms with Crippen molar-refractivity contribution in [1.29, 1.82) is 0 Å². The van der Waals surface area contributed by atoms with Crippen LogP contribution in [0.4, 0.5) is 0 Å². The molecule has 0 radical (unpaired) electrons. The lowest BCUT2D eigenvalue weighted by Gasteiger charge is -2.36. The zero-order valence-electron chi connectivity index (χ0n) is 19.0. The number of carbonyl (C=O) groups excluding carboxylic acids is 3. The van der Waals surface area contributed by atoms with Gasteiger partial charge in [0.2, 0.25) is 11.8 Å². The molecule has 0 spiro atoms. The first-order valence-corrected chi connectivity index (χ1v) is 11.1. The zero-order valence-corrected chi connectivity index (χ0v) is 19.8. The second-order valence-electron chi connectivity index (χ2n) is 9.44. The van der Waals surface area contributed by atoms with E-state index in [-0.39, 0.29) is 42.2 Å². The first kappa shape index (κ1) is 23.4. The van der Waals surface area contributed by atoms with Crippen LogP contribution in [0.2, 0.25) is 5.02 Å². The summed E-state index contributed by atoms with van der Waals surface area (Å²) in [6.45, 7) is 12.1. The van der Waals surface area contributed by atoms with Gasteiger partial charge in [0.1, 0.15) is 5.75 Å². The highest BCUT2D eigenvalue weighted by atomic mass is 35.5. The van der Waals surface area contributed by atoms with E-state index >= 15 is 0 Å². The lowest BCUT2D eigenvalue weighted by Crippen LogP contribution is -2.53. The highest BCUT2D eigenvalue weighted by Crippen LogP contribution is 2.28. The number of piperazine rings is 1. The molecule has 2 heterocycles. The highest BCUT2D eigenvalue weighted by molar-refractivity contribution is 6.32. The van der Waals surface area contributed by atoms with Gasteiger partial charge in [-0.15, -0.1) is 0 Å². The monoisotopic (exact) mass is 449 g/mol. The quantitative estimate of drug-likeness (QED) is 0.708. The van der Waals surface area contributed by atoms with Crippen molar-refractivity contribution in [3.05, 3.63) is 28.3 Å². The zero-order chi connectivity index (χ0) is 22.9.